The molecule has 0 unspecified atom stereocenters. The van der Waals surface area contributed by atoms with Gasteiger partial charge in [0, 0.05) is 11.1 Å². The highest BCUT2D eigenvalue weighted by Crippen LogP contribution is 2.44. The molecule has 96 valence electrons. The summed E-state index contributed by atoms with van der Waals surface area (Å²) in [5, 5.41) is 19.0. The largest absolute Gasteiger partial charge is 0.508 e. The van der Waals surface area contributed by atoms with Crippen LogP contribution in [0.4, 0.5) is 0 Å². The number of phenols is 2. The zero-order valence-corrected chi connectivity index (χ0v) is 10.3. The Balaban J connectivity index is 1.95. The standard InChI is InChI=1S/C16H14O3/c17-13-6-3-11(4-7-13)16(19)12-5-8-15(18)14(9-12)10-1-2-10/h3-10,17-18H,1-2H2. The summed E-state index contributed by atoms with van der Waals surface area (Å²) in [7, 11) is 0. The molecule has 1 saturated carbocycles. The summed E-state index contributed by atoms with van der Waals surface area (Å²) in [6, 6.07) is 11.2. The van der Waals surface area contributed by atoms with Gasteiger partial charge in [-0.3, -0.25) is 4.79 Å². The van der Waals surface area contributed by atoms with Gasteiger partial charge < -0.3 is 10.2 Å². The lowest BCUT2D eigenvalue weighted by molar-refractivity contribution is 0.103. The Labute approximate surface area is 111 Å². The number of ketones is 1. The molecule has 0 radical (unpaired) electrons. The second kappa shape index (κ2) is 4.43. The quantitative estimate of drug-likeness (QED) is 0.827. The summed E-state index contributed by atoms with van der Waals surface area (Å²) in [4.78, 5) is 12.3. The molecule has 1 fully saturated rings. The van der Waals surface area contributed by atoms with Crippen LogP contribution in [0.15, 0.2) is 42.5 Å². The molecule has 0 amide bonds. The average molecular weight is 254 g/mol. The summed E-state index contributed by atoms with van der Waals surface area (Å²) in [6.45, 7) is 0. The third kappa shape index (κ3) is 2.32. The Morgan fingerprint density at radius 2 is 1.58 bits per heavy atom. The predicted octanol–water partition coefficient (Wildman–Crippen LogP) is 3.21. The molecule has 2 aromatic carbocycles. The van der Waals surface area contributed by atoms with Crippen molar-refractivity contribution >= 4 is 5.78 Å². The Bertz CT molecular complexity index is 625. The number of phenolic OH excluding ortho intramolecular Hbond substituents is 2. The molecule has 0 spiro atoms. The summed E-state index contributed by atoms with van der Waals surface area (Å²) in [5.41, 5.74) is 1.97. The van der Waals surface area contributed by atoms with Crippen LogP contribution < -0.4 is 0 Å². The maximum atomic E-state index is 12.3. The number of benzene rings is 2. The fourth-order valence-corrected chi connectivity index (χ4v) is 2.20. The summed E-state index contributed by atoms with van der Waals surface area (Å²) >= 11 is 0. The van der Waals surface area contributed by atoms with Crippen molar-refractivity contribution in [3.63, 3.8) is 0 Å². The van der Waals surface area contributed by atoms with Crippen molar-refractivity contribution < 1.29 is 15.0 Å². The van der Waals surface area contributed by atoms with Gasteiger partial charge in [-0.2, -0.15) is 0 Å². The van der Waals surface area contributed by atoms with E-state index in [1.807, 2.05) is 0 Å². The molecule has 0 heterocycles. The lowest BCUT2D eigenvalue weighted by Gasteiger charge is -2.06. The molecule has 1 aliphatic carbocycles. The van der Waals surface area contributed by atoms with Crippen molar-refractivity contribution in [3.8, 4) is 11.5 Å². The second-order valence-corrected chi connectivity index (χ2v) is 4.92. The molecular formula is C16H14O3. The van der Waals surface area contributed by atoms with Crippen molar-refractivity contribution in [2.24, 2.45) is 0 Å². The highest BCUT2D eigenvalue weighted by atomic mass is 16.3. The molecule has 3 rings (SSSR count). The normalized spacial score (nSPS) is 14.3. The minimum absolute atomic E-state index is 0.0955. The van der Waals surface area contributed by atoms with Gasteiger partial charge >= 0.3 is 0 Å². The molecule has 1 aliphatic rings. The minimum atomic E-state index is -0.0955. The van der Waals surface area contributed by atoms with Gasteiger partial charge in [-0.15, -0.1) is 0 Å². The van der Waals surface area contributed by atoms with Gasteiger partial charge in [0.2, 0.25) is 0 Å². The Morgan fingerprint density at radius 1 is 0.947 bits per heavy atom. The summed E-state index contributed by atoms with van der Waals surface area (Å²) in [6.07, 6.45) is 2.15. The van der Waals surface area contributed by atoms with E-state index in [1.54, 1.807) is 30.3 Å². The fraction of sp³-hybridized carbons (Fsp3) is 0.188. The molecular weight excluding hydrogens is 240 g/mol. The topological polar surface area (TPSA) is 57.5 Å². The van der Waals surface area contributed by atoms with E-state index in [-0.39, 0.29) is 17.3 Å². The Kier molecular flexibility index (Phi) is 2.75. The molecule has 3 nitrogen and oxygen atoms in total. The van der Waals surface area contributed by atoms with Crippen LogP contribution in [0, 0.1) is 0 Å². The highest BCUT2D eigenvalue weighted by molar-refractivity contribution is 6.09. The SMILES string of the molecule is O=C(c1ccc(O)cc1)c1ccc(O)c(C2CC2)c1. The van der Waals surface area contributed by atoms with Crippen LogP contribution in [-0.4, -0.2) is 16.0 Å². The molecule has 2 N–H and O–H groups in total. The second-order valence-electron chi connectivity index (χ2n) is 4.92. The summed E-state index contributed by atoms with van der Waals surface area (Å²) < 4.78 is 0. The molecule has 3 heteroatoms. The molecule has 0 bridgehead atoms. The lowest BCUT2D eigenvalue weighted by atomic mass is 9.99. The van der Waals surface area contributed by atoms with Crippen molar-refractivity contribution in [3.05, 3.63) is 59.2 Å². The van der Waals surface area contributed by atoms with Crippen LogP contribution in [0.3, 0.4) is 0 Å². The first-order valence-electron chi connectivity index (χ1n) is 6.32. The van der Waals surface area contributed by atoms with Gasteiger partial charge in [0.15, 0.2) is 5.78 Å². The average Bonchev–Trinajstić information content (AvgIpc) is 3.24. The monoisotopic (exact) mass is 254 g/mol. The van der Waals surface area contributed by atoms with Gasteiger partial charge in [0.25, 0.3) is 0 Å². The van der Waals surface area contributed by atoms with Crippen molar-refractivity contribution in [2.45, 2.75) is 18.8 Å². The zero-order valence-electron chi connectivity index (χ0n) is 10.3. The van der Waals surface area contributed by atoms with E-state index in [0.29, 0.717) is 17.0 Å². The fourth-order valence-electron chi connectivity index (χ4n) is 2.20. The predicted molar refractivity (Wildman–Crippen MR) is 71.6 cm³/mol. The van der Waals surface area contributed by atoms with E-state index < -0.39 is 0 Å². The third-order valence-corrected chi connectivity index (χ3v) is 3.44. The van der Waals surface area contributed by atoms with Crippen LogP contribution >= 0.6 is 0 Å². The zero-order chi connectivity index (χ0) is 13.4. The first-order chi connectivity index (χ1) is 9.15. The van der Waals surface area contributed by atoms with E-state index in [1.165, 1.54) is 12.1 Å². The summed E-state index contributed by atoms with van der Waals surface area (Å²) in [5.74, 6) is 0.708. The molecule has 0 atom stereocenters. The number of rotatable bonds is 3. The number of aromatic hydroxyl groups is 2. The van der Waals surface area contributed by atoms with Crippen molar-refractivity contribution in [1.82, 2.24) is 0 Å². The number of carbonyl (C=O) groups excluding carboxylic acids is 1. The van der Waals surface area contributed by atoms with E-state index in [0.717, 1.165) is 18.4 Å². The molecule has 19 heavy (non-hydrogen) atoms. The maximum absolute atomic E-state index is 12.3. The maximum Gasteiger partial charge on any atom is 0.193 e. The van der Waals surface area contributed by atoms with Crippen molar-refractivity contribution in [2.75, 3.05) is 0 Å². The van der Waals surface area contributed by atoms with Crippen LogP contribution in [0.2, 0.25) is 0 Å². The Hall–Kier alpha value is -2.29. The van der Waals surface area contributed by atoms with E-state index in [2.05, 4.69) is 0 Å². The molecule has 0 aliphatic heterocycles. The first-order valence-corrected chi connectivity index (χ1v) is 6.32. The number of hydrogen-bond donors (Lipinski definition) is 2. The molecule has 0 saturated heterocycles. The van der Waals surface area contributed by atoms with Crippen LogP contribution in [0.25, 0.3) is 0 Å². The van der Waals surface area contributed by atoms with Gasteiger partial charge in [-0.05, 0) is 66.8 Å². The van der Waals surface area contributed by atoms with Crippen LogP contribution in [-0.2, 0) is 0 Å². The van der Waals surface area contributed by atoms with Crippen LogP contribution in [0.5, 0.6) is 11.5 Å². The third-order valence-electron chi connectivity index (χ3n) is 3.44. The van der Waals surface area contributed by atoms with Gasteiger partial charge in [0.1, 0.15) is 11.5 Å². The minimum Gasteiger partial charge on any atom is -0.508 e. The first kappa shape index (κ1) is 11.8. The highest BCUT2D eigenvalue weighted by Gasteiger charge is 2.27. The van der Waals surface area contributed by atoms with E-state index in [9.17, 15) is 15.0 Å². The van der Waals surface area contributed by atoms with Gasteiger partial charge in [0.05, 0.1) is 0 Å². The lowest BCUT2D eigenvalue weighted by Crippen LogP contribution is -2.01. The van der Waals surface area contributed by atoms with Crippen molar-refractivity contribution in [1.29, 1.82) is 0 Å². The Morgan fingerprint density at radius 3 is 2.21 bits per heavy atom. The van der Waals surface area contributed by atoms with Gasteiger partial charge in [-0.25, -0.2) is 0 Å². The van der Waals surface area contributed by atoms with E-state index >= 15 is 0 Å². The van der Waals surface area contributed by atoms with Crippen LogP contribution in [0.1, 0.15) is 40.2 Å². The molecule has 2 aromatic rings. The number of carbonyl (C=O) groups is 1. The van der Waals surface area contributed by atoms with Gasteiger partial charge in [-0.1, -0.05) is 0 Å². The smallest absolute Gasteiger partial charge is 0.193 e. The molecule has 0 aromatic heterocycles. The number of hydrogen-bond acceptors (Lipinski definition) is 3. The van der Waals surface area contributed by atoms with E-state index in [4.69, 9.17) is 0 Å².